The number of hydrogen-bond donors (Lipinski definition) is 2. The topological polar surface area (TPSA) is 88.2 Å². The van der Waals surface area contributed by atoms with Gasteiger partial charge in [-0.1, -0.05) is 28.1 Å². The molecule has 1 heterocycles. The van der Waals surface area contributed by atoms with E-state index in [1.807, 2.05) is 24.3 Å². The minimum Gasteiger partial charge on any atom is -0.352 e. The van der Waals surface area contributed by atoms with Crippen LogP contribution in [-0.2, 0) is 23.0 Å². The minimum absolute atomic E-state index is 0.0544. The first-order valence-corrected chi connectivity index (χ1v) is 9.94. The number of carbonyl (C=O) groups excluding carboxylic acids is 1. The standard InChI is InChI=1S/C16H18BrN3O3S/c1-24(22,23)20-11-15-10-13(7-9-18-15)16(21)19-8-6-12-2-4-14(17)5-3-12/h2-5,7,9-10,20H,6,8,11H2,1H3,(H,19,21). The molecule has 128 valence electrons. The number of hydrogen-bond acceptors (Lipinski definition) is 4. The molecule has 0 bridgehead atoms. The Morgan fingerprint density at radius 1 is 1.21 bits per heavy atom. The smallest absolute Gasteiger partial charge is 0.251 e. The van der Waals surface area contributed by atoms with E-state index >= 15 is 0 Å². The molecule has 0 radical (unpaired) electrons. The summed E-state index contributed by atoms with van der Waals surface area (Å²) in [6, 6.07) is 11.1. The summed E-state index contributed by atoms with van der Waals surface area (Å²) in [7, 11) is -3.30. The zero-order chi connectivity index (χ0) is 17.6. The van der Waals surface area contributed by atoms with Gasteiger partial charge in [0.15, 0.2) is 0 Å². The third-order valence-corrected chi connectivity index (χ3v) is 4.40. The average Bonchev–Trinajstić information content (AvgIpc) is 2.54. The Labute approximate surface area is 149 Å². The number of halogens is 1. The van der Waals surface area contributed by atoms with Gasteiger partial charge in [0.05, 0.1) is 18.5 Å². The van der Waals surface area contributed by atoms with Gasteiger partial charge < -0.3 is 5.32 Å². The second-order valence-electron chi connectivity index (χ2n) is 5.26. The summed E-state index contributed by atoms with van der Waals surface area (Å²) in [6.45, 7) is 0.568. The predicted octanol–water partition coefficient (Wildman–Crippen LogP) is 1.87. The van der Waals surface area contributed by atoms with E-state index in [1.54, 1.807) is 12.1 Å². The van der Waals surface area contributed by atoms with Gasteiger partial charge in [-0.2, -0.15) is 0 Å². The number of pyridine rings is 1. The molecule has 0 fully saturated rings. The summed E-state index contributed by atoms with van der Waals surface area (Å²) >= 11 is 3.38. The molecular formula is C16H18BrN3O3S. The molecule has 8 heteroatoms. The fraction of sp³-hybridized carbons (Fsp3) is 0.250. The average molecular weight is 412 g/mol. The Kier molecular flexibility index (Phi) is 6.47. The van der Waals surface area contributed by atoms with Crippen molar-refractivity contribution in [3.63, 3.8) is 0 Å². The van der Waals surface area contributed by atoms with Crippen LogP contribution < -0.4 is 10.0 Å². The van der Waals surface area contributed by atoms with Gasteiger partial charge >= 0.3 is 0 Å². The maximum absolute atomic E-state index is 12.2. The molecule has 0 spiro atoms. The number of nitrogens with one attached hydrogen (secondary N) is 2. The van der Waals surface area contributed by atoms with Crippen molar-refractivity contribution in [1.29, 1.82) is 0 Å². The zero-order valence-corrected chi connectivity index (χ0v) is 15.5. The number of sulfonamides is 1. The fourth-order valence-corrected chi connectivity index (χ4v) is 2.67. The van der Waals surface area contributed by atoms with Crippen LogP contribution in [0.15, 0.2) is 47.1 Å². The predicted molar refractivity (Wildman–Crippen MR) is 96.1 cm³/mol. The van der Waals surface area contributed by atoms with Crippen molar-refractivity contribution in [2.75, 3.05) is 12.8 Å². The Balaban J connectivity index is 1.88. The summed E-state index contributed by atoms with van der Waals surface area (Å²) < 4.78 is 25.6. The third-order valence-electron chi connectivity index (χ3n) is 3.21. The van der Waals surface area contributed by atoms with Crippen LogP contribution in [0.1, 0.15) is 21.6 Å². The molecule has 0 saturated carbocycles. The number of rotatable bonds is 7. The van der Waals surface area contributed by atoms with Crippen molar-refractivity contribution in [2.45, 2.75) is 13.0 Å². The Morgan fingerprint density at radius 3 is 2.58 bits per heavy atom. The monoisotopic (exact) mass is 411 g/mol. The van der Waals surface area contributed by atoms with Crippen molar-refractivity contribution in [3.8, 4) is 0 Å². The molecule has 0 unspecified atom stereocenters. The highest BCUT2D eigenvalue weighted by Gasteiger charge is 2.08. The summed E-state index contributed by atoms with van der Waals surface area (Å²) in [5.74, 6) is -0.213. The molecule has 0 saturated heterocycles. The van der Waals surface area contributed by atoms with Crippen LogP contribution in [0.2, 0.25) is 0 Å². The normalized spacial score (nSPS) is 11.2. The van der Waals surface area contributed by atoms with Gasteiger partial charge in [-0.05, 0) is 36.2 Å². The highest BCUT2D eigenvalue weighted by molar-refractivity contribution is 9.10. The van der Waals surface area contributed by atoms with Crippen LogP contribution in [0.25, 0.3) is 0 Å². The maximum atomic E-state index is 12.2. The SMILES string of the molecule is CS(=O)(=O)NCc1cc(C(=O)NCCc2ccc(Br)cc2)ccn1. The van der Waals surface area contributed by atoms with E-state index in [4.69, 9.17) is 0 Å². The summed E-state index contributed by atoms with van der Waals surface area (Å²) in [6.07, 6.45) is 3.29. The summed E-state index contributed by atoms with van der Waals surface area (Å²) in [4.78, 5) is 16.2. The van der Waals surface area contributed by atoms with E-state index < -0.39 is 10.0 Å². The molecule has 2 N–H and O–H groups in total. The van der Waals surface area contributed by atoms with Crippen LogP contribution in [0.3, 0.4) is 0 Å². The van der Waals surface area contributed by atoms with E-state index in [9.17, 15) is 13.2 Å². The molecule has 2 aromatic rings. The Hall–Kier alpha value is -1.77. The summed E-state index contributed by atoms with van der Waals surface area (Å²) in [5, 5.41) is 2.84. The van der Waals surface area contributed by atoms with Crippen LogP contribution in [-0.4, -0.2) is 32.1 Å². The Morgan fingerprint density at radius 2 is 1.92 bits per heavy atom. The zero-order valence-electron chi connectivity index (χ0n) is 13.1. The van der Waals surface area contributed by atoms with Crippen molar-refractivity contribution in [2.24, 2.45) is 0 Å². The van der Waals surface area contributed by atoms with Gasteiger partial charge in [0, 0.05) is 22.8 Å². The van der Waals surface area contributed by atoms with Gasteiger partial charge in [-0.3, -0.25) is 9.78 Å². The van der Waals surface area contributed by atoms with Gasteiger partial charge in [0.2, 0.25) is 10.0 Å². The molecule has 2 rings (SSSR count). The van der Waals surface area contributed by atoms with Crippen molar-refractivity contribution in [1.82, 2.24) is 15.0 Å². The van der Waals surface area contributed by atoms with E-state index in [1.165, 1.54) is 6.20 Å². The lowest BCUT2D eigenvalue weighted by atomic mass is 10.1. The largest absolute Gasteiger partial charge is 0.352 e. The molecule has 1 amide bonds. The first kappa shape index (κ1) is 18.6. The number of amides is 1. The van der Waals surface area contributed by atoms with Gasteiger partial charge in [0.1, 0.15) is 0 Å². The molecule has 0 atom stereocenters. The number of carbonyl (C=O) groups is 1. The van der Waals surface area contributed by atoms with E-state index in [2.05, 4.69) is 31.0 Å². The van der Waals surface area contributed by atoms with Crippen LogP contribution in [0.4, 0.5) is 0 Å². The van der Waals surface area contributed by atoms with Crippen LogP contribution in [0, 0.1) is 0 Å². The molecule has 0 aliphatic carbocycles. The highest BCUT2D eigenvalue weighted by Crippen LogP contribution is 2.10. The van der Waals surface area contributed by atoms with Crippen LogP contribution in [0.5, 0.6) is 0 Å². The van der Waals surface area contributed by atoms with Crippen molar-refractivity contribution >= 4 is 31.9 Å². The van der Waals surface area contributed by atoms with Gasteiger partial charge in [-0.25, -0.2) is 13.1 Å². The second-order valence-corrected chi connectivity index (χ2v) is 8.01. The number of nitrogens with zero attached hydrogens (tertiary/aromatic N) is 1. The molecule has 24 heavy (non-hydrogen) atoms. The van der Waals surface area contributed by atoms with Gasteiger partial charge in [0.25, 0.3) is 5.91 Å². The Bertz CT molecular complexity index is 808. The quantitative estimate of drug-likeness (QED) is 0.727. The molecule has 0 aliphatic rings. The minimum atomic E-state index is -3.30. The lowest BCUT2D eigenvalue weighted by Gasteiger charge is -2.07. The fourth-order valence-electron chi connectivity index (χ4n) is 1.99. The molecule has 1 aromatic heterocycles. The van der Waals surface area contributed by atoms with Crippen molar-refractivity contribution < 1.29 is 13.2 Å². The summed E-state index contributed by atoms with van der Waals surface area (Å²) in [5.41, 5.74) is 2.07. The molecule has 6 nitrogen and oxygen atoms in total. The molecular weight excluding hydrogens is 394 g/mol. The van der Waals surface area contributed by atoms with E-state index in [0.717, 1.165) is 22.7 Å². The highest BCUT2D eigenvalue weighted by atomic mass is 79.9. The maximum Gasteiger partial charge on any atom is 0.251 e. The lowest BCUT2D eigenvalue weighted by Crippen LogP contribution is -2.26. The van der Waals surface area contributed by atoms with E-state index in [-0.39, 0.29) is 12.5 Å². The number of aromatic nitrogens is 1. The first-order chi connectivity index (χ1) is 11.3. The van der Waals surface area contributed by atoms with Crippen molar-refractivity contribution in [3.05, 3.63) is 63.9 Å². The second kappa shape index (κ2) is 8.36. The number of benzene rings is 1. The lowest BCUT2D eigenvalue weighted by molar-refractivity contribution is 0.0954. The molecule has 1 aromatic carbocycles. The van der Waals surface area contributed by atoms with E-state index in [0.29, 0.717) is 17.8 Å². The van der Waals surface area contributed by atoms with Crippen LogP contribution >= 0.6 is 15.9 Å². The first-order valence-electron chi connectivity index (χ1n) is 7.26. The third kappa shape index (κ3) is 6.38. The molecule has 0 aliphatic heterocycles. The van der Waals surface area contributed by atoms with Gasteiger partial charge in [-0.15, -0.1) is 0 Å².